The molecule has 11 heteroatoms. The molecule has 4 N–H and O–H groups in total. The zero-order valence-electron chi connectivity index (χ0n) is 23.8. The number of hydrogen-bond acceptors (Lipinski definition) is 9. The van der Waals surface area contributed by atoms with Crippen molar-refractivity contribution < 1.29 is 34.2 Å². The van der Waals surface area contributed by atoms with E-state index in [1.165, 1.54) is 11.0 Å². The molecule has 3 aliphatic carbocycles. The molecule has 0 saturated heterocycles. The molecule has 0 spiro atoms. The summed E-state index contributed by atoms with van der Waals surface area (Å²) in [5.74, 6) is -10.7. The molecule has 3 aliphatic rings. The third kappa shape index (κ3) is 4.78. The first-order valence-corrected chi connectivity index (χ1v) is 13.9. The highest BCUT2D eigenvalue weighted by Crippen LogP contribution is 2.51. The number of halogens is 1. The number of amides is 1. The van der Waals surface area contributed by atoms with E-state index in [0.29, 0.717) is 22.7 Å². The third-order valence-corrected chi connectivity index (χ3v) is 9.22. The average molecular weight is 576 g/mol. The lowest BCUT2D eigenvalue weighted by atomic mass is 9.52. The minimum atomic E-state index is -2.74. The number of fused-ring (bicyclic) bond motifs is 3. The van der Waals surface area contributed by atoms with E-state index in [9.17, 15) is 34.2 Å². The summed E-state index contributed by atoms with van der Waals surface area (Å²) in [6.45, 7) is 7.66. The highest BCUT2D eigenvalue weighted by atomic mass is 35.5. The summed E-state index contributed by atoms with van der Waals surface area (Å²) < 4.78 is 0. The van der Waals surface area contributed by atoms with E-state index in [2.05, 4.69) is 25.7 Å². The minimum Gasteiger partial charge on any atom is -0.507 e. The van der Waals surface area contributed by atoms with Crippen molar-refractivity contribution in [2.45, 2.75) is 58.2 Å². The number of benzene rings is 1. The molecule has 1 amide bonds. The number of nitrogens with two attached hydrogens (primary N) is 1. The first kappa shape index (κ1) is 30.3. The van der Waals surface area contributed by atoms with Gasteiger partial charge in [-0.2, -0.15) is 0 Å². The van der Waals surface area contributed by atoms with Gasteiger partial charge in [-0.05, 0) is 75.5 Å². The standard InChI is InChI=1S/C29H38ClN3O7/c1-28(2,3)7-8-33(6)12-14-11-17(34)19-15(21(14)30)9-13-10-16-22(32(4)5)24(36)20(27(31)39)26(38)29(16,40)25(37)18(13)23(19)35/h11,13,16,18,20,22,34,40H,7-10,12H2,1-6H3,(H2,31,39)/t13-,16-,18?,20?,22-,29-/m0/s1. The fraction of sp³-hybridized carbons (Fsp3) is 0.621. The highest BCUT2D eigenvalue weighted by Gasteiger charge is 2.69. The second-order valence-corrected chi connectivity index (χ2v) is 13.4. The summed E-state index contributed by atoms with van der Waals surface area (Å²) >= 11 is 6.82. The van der Waals surface area contributed by atoms with Gasteiger partial charge in [0.25, 0.3) is 0 Å². The van der Waals surface area contributed by atoms with Crippen LogP contribution in [0.15, 0.2) is 6.07 Å². The molecular formula is C29H38ClN3O7. The molecule has 0 heterocycles. The quantitative estimate of drug-likeness (QED) is 0.426. The van der Waals surface area contributed by atoms with Gasteiger partial charge in [0.05, 0.1) is 17.5 Å². The van der Waals surface area contributed by atoms with Gasteiger partial charge in [0.2, 0.25) is 5.91 Å². The molecule has 0 bridgehead atoms. The zero-order valence-corrected chi connectivity index (χ0v) is 24.5. The van der Waals surface area contributed by atoms with Crippen LogP contribution in [-0.2, 0) is 32.1 Å². The molecule has 2 fully saturated rings. The lowest BCUT2D eigenvalue weighted by Gasteiger charge is -2.52. The van der Waals surface area contributed by atoms with Gasteiger partial charge in [-0.3, -0.25) is 28.9 Å². The summed E-state index contributed by atoms with van der Waals surface area (Å²) in [5.41, 5.74) is 3.69. The first-order chi connectivity index (χ1) is 18.4. The van der Waals surface area contributed by atoms with Gasteiger partial charge in [-0.25, -0.2) is 0 Å². The second-order valence-electron chi connectivity index (χ2n) is 13.1. The number of nitrogens with zero attached hydrogens (tertiary/aromatic N) is 2. The Balaban J connectivity index is 1.74. The van der Waals surface area contributed by atoms with Crippen LogP contribution in [0.1, 0.15) is 55.1 Å². The van der Waals surface area contributed by atoms with Crippen molar-refractivity contribution in [2.24, 2.45) is 34.8 Å². The van der Waals surface area contributed by atoms with Crippen LogP contribution in [0.5, 0.6) is 5.75 Å². The summed E-state index contributed by atoms with van der Waals surface area (Å²) in [4.78, 5) is 69.7. The molecule has 0 aliphatic heterocycles. The maximum absolute atomic E-state index is 13.9. The maximum atomic E-state index is 13.9. The van der Waals surface area contributed by atoms with Gasteiger partial charge in [0, 0.05) is 17.5 Å². The largest absolute Gasteiger partial charge is 0.507 e. The smallest absolute Gasteiger partial charge is 0.235 e. The zero-order chi connectivity index (χ0) is 30.1. The molecule has 0 radical (unpaired) electrons. The maximum Gasteiger partial charge on any atom is 0.235 e. The Labute approximate surface area is 238 Å². The Morgan fingerprint density at radius 2 is 1.77 bits per heavy atom. The van der Waals surface area contributed by atoms with Crippen molar-refractivity contribution in [3.63, 3.8) is 0 Å². The fourth-order valence-electron chi connectivity index (χ4n) is 6.72. The molecule has 10 nitrogen and oxygen atoms in total. The Bertz CT molecular complexity index is 1300. The van der Waals surface area contributed by atoms with Gasteiger partial charge in [0.1, 0.15) is 5.75 Å². The van der Waals surface area contributed by atoms with Crippen molar-refractivity contribution in [3.8, 4) is 5.75 Å². The van der Waals surface area contributed by atoms with Crippen LogP contribution in [0.25, 0.3) is 0 Å². The molecule has 2 unspecified atom stereocenters. The van der Waals surface area contributed by atoms with E-state index in [-0.39, 0.29) is 29.6 Å². The van der Waals surface area contributed by atoms with E-state index in [1.807, 2.05) is 7.05 Å². The number of phenols is 1. The Morgan fingerprint density at radius 3 is 2.33 bits per heavy atom. The van der Waals surface area contributed by atoms with Gasteiger partial charge in [-0.1, -0.05) is 32.4 Å². The van der Waals surface area contributed by atoms with E-state index >= 15 is 0 Å². The van der Waals surface area contributed by atoms with Crippen molar-refractivity contribution in [1.82, 2.24) is 9.80 Å². The summed E-state index contributed by atoms with van der Waals surface area (Å²) in [6.07, 6.45) is 1.06. The average Bonchev–Trinajstić information content (AvgIpc) is 2.82. The summed E-state index contributed by atoms with van der Waals surface area (Å²) in [6, 6.07) is 0.279. The molecule has 40 heavy (non-hydrogen) atoms. The van der Waals surface area contributed by atoms with E-state index in [4.69, 9.17) is 17.3 Å². The van der Waals surface area contributed by atoms with Gasteiger partial charge < -0.3 is 20.8 Å². The predicted molar refractivity (Wildman–Crippen MR) is 147 cm³/mol. The number of likely N-dealkylation sites (N-methyl/N-ethyl adjacent to an activating group) is 1. The molecule has 6 atom stereocenters. The number of primary amides is 1. The second kappa shape index (κ2) is 10.3. The first-order valence-electron chi connectivity index (χ1n) is 13.5. The van der Waals surface area contributed by atoms with Crippen LogP contribution in [0, 0.1) is 29.1 Å². The number of hydrogen-bond donors (Lipinski definition) is 3. The van der Waals surface area contributed by atoms with Crippen molar-refractivity contribution in [2.75, 3.05) is 27.7 Å². The monoisotopic (exact) mass is 575 g/mol. The van der Waals surface area contributed by atoms with Crippen molar-refractivity contribution >= 4 is 40.6 Å². The minimum absolute atomic E-state index is 0.0172. The molecular weight excluding hydrogens is 538 g/mol. The number of Topliss-reactive ketones (excluding diaryl/α,β-unsaturated/α-hetero) is 4. The summed E-state index contributed by atoms with van der Waals surface area (Å²) in [5, 5.41) is 22.9. The van der Waals surface area contributed by atoms with Gasteiger partial charge in [-0.15, -0.1) is 0 Å². The topological polar surface area (TPSA) is 158 Å². The van der Waals surface area contributed by atoms with Crippen LogP contribution in [0.4, 0.5) is 0 Å². The van der Waals surface area contributed by atoms with E-state index in [0.717, 1.165) is 13.0 Å². The van der Waals surface area contributed by atoms with E-state index < -0.39 is 64.4 Å². The third-order valence-electron chi connectivity index (χ3n) is 8.75. The Morgan fingerprint density at radius 1 is 1.15 bits per heavy atom. The normalized spacial score (nSPS) is 30.4. The van der Waals surface area contributed by atoms with E-state index in [1.54, 1.807) is 14.1 Å². The number of aliphatic hydroxyl groups is 1. The molecule has 4 rings (SSSR count). The lowest BCUT2D eigenvalue weighted by molar-refractivity contribution is -0.181. The SMILES string of the molecule is CN(CCC(C)(C)C)Cc1cc(O)c2c(c1Cl)C[C@H]1C[C@H]3[C@H](N(C)C)C(=O)C(C(N)=O)C(=O)[C@@]3(O)C(=O)C1C2=O. The van der Waals surface area contributed by atoms with Crippen LogP contribution >= 0.6 is 11.6 Å². The number of aromatic hydroxyl groups is 1. The molecule has 218 valence electrons. The molecule has 1 aromatic rings. The van der Waals surface area contributed by atoms with Crippen molar-refractivity contribution in [3.05, 3.63) is 27.8 Å². The van der Waals surface area contributed by atoms with Crippen LogP contribution in [0.2, 0.25) is 5.02 Å². The number of phenolic OH excluding ortho intramolecular Hbond substituents is 1. The number of rotatable bonds is 6. The van der Waals surface area contributed by atoms with Crippen LogP contribution < -0.4 is 5.73 Å². The molecule has 2 saturated carbocycles. The molecule has 0 aromatic heterocycles. The van der Waals surface area contributed by atoms with Crippen molar-refractivity contribution in [1.29, 1.82) is 0 Å². The lowest BCUT2D eigenvalue weighted by Crippen LogP contribution is -2.74. The van der Waals surface area contributed by atoms with Gasteiger partial charge >= 0.3 is 0 Å². The number of ketones is 4. The van der Waals surface area contributed by atoms with Gasteiger partial charge in [0.15, 0.2) is 34.7 Å². The molecule has 1 aromatic carbocycles. The Hall–Kier alpha value is -2.66. The highest BCUT2D eigenvalue weighted by molar-refractivity contribution is 6.34. The fourth-order valence-corrected chi connectivity index (χ4v) is 7.00. The van der Waals surface area contributed by atoms with Crippen LogP contribution in [-0.4, -0.2) is 88.4 Å². The number of carbonyl (C=O) groups is 5. The predicted octanol–water partition coefficient (Wildman–Crippen LogP) is 1.39. The summed E-state index contributed by atoms with van der Waals surface area (Å²) in [7, 11) is 5.04. The van der Waals surface area contributed by atoms with Crippen LogP contribution in [0.3, 0.4) is 0 Å². The Kier molecular flexibility index (Phi) is 7.81. The number of carbonyl (C=O) groups excluding carboxylic acids is 5.